The van der Waals surface area contributed by atoms with Crippen molar-refractivity contribution in [3.05, 3.63) is 0 Å². The molecule has 0 saturated heterocycles. The van der Waals surface area contributed by atoms with E-state index in [1.54, 1.807) is 0 Å². The summed E-state index contributed by atoms with van der Waals surface area (Å²) in [5, 5.41) is 9.43. The molecule has 0 atom stereocenters. The summed E-state index contributed by atoms with van der Waals surface area (Å²) in [7, 11) is 0. The van der Waals surface area contributed by atoms with E-state index >= 15 is 0 Å². The first kappa shape index (κ1) is 51.9. The predicted octanol–water partition coefficient (Wildman–Crippen LogP) is 13.7. The molecule has 53 heavy (non-hydrogen) atoms. The molecule has 316 valence electrons. The highest BCUT2D eigenvalue weighted by atomic mass is 16.5. The first-order valence-corrected chi connectivity index (χ1v) is 23.5. The topological polar surface area (TPSA) is 76.1 Å². The Morgan fingerprint density at radius 2 is 0.943 bits per heavy atom. The smallest absolute Gasteiger partial charge is 0.311 e. The van der Waals surface area contributed by atoms with Gasteiger partial charge in [0.1, 0.15) is 6.10 Å². The third-order valence-electron chi connectivity index (χ3n) is 11.1. The van der Waals surface area contributed by atoms with Gasteiger partial charge in [-0.25, -0.2) is 0 Å². The molecular weight excluding hydrogens is 659 g/mol. The van der Waals surface area contributed by atoms with E-state index in [0.29, 0.717) is 13.0 Å². The summed E-state index contributed by atoms with van der Waals surface area (Å²) < 4.78 is 11.7. The fourth-order valence-corrected chi connectivity index (χ4v) is 7.32. The minimum absolute atomic E-state index is 0.00494. The van der Waals surface area contributed by atoms with Crippen LogP contribution in [0.2, 0.25) is 0 Å². The summed E-state index contributed by atoms with van der Waals surface area (Å²) in [5.74, 6) is -0.0284. The maximum Gasteiger partial charge on any atom is 0.311 e. The molecule has 0 aromatic rings. The highest BCUT2D eigenvalue weighted by molar-refractivity contribution is 5.76. The van der Waals surface area contributed by atoms with Crippen LogP contribution in [0.3, 0.4) is 0 Å². The average Bonchev–Trinajstić information content (AvgIpc) is 3.14. The number of ether oxygens (including phenoxy) is 2. The second-order valence-electron chi connectivity index (χ2n) is 17.0. The number of aliphatic hydroxyl groups is 1. The quantitative estimate of drug-likeness (QED) is 0.0494. The minimum atomic E-state index is -0.433. The fraction of sp³-hybridized carbons (Fsp3) is 0.957. The lowest BCUT2D eigenvalue weighted by molar-refractivity contribution is -0.161. The van der Waals surface area contributed by atoms with Crippen molar-refractivity contribution in [2.45, 2.75) is 253 Å². The third-order valence-corrected chi connectivity index (χ3v) is 11.1. The highest BCUT2D eigenvalue weighted by Crippen LogP contribution is 2.28. The van der Waals surface area contributed by atoms with Crippen LogP contribution in [0.5, 0.6) is 0 Å². The number of carbonyl (C=O) groups is 2. The molecule has 0 fully saturated rings. The van der Waals surface area contributed by atoms with E-state index in [1.807, 2.05) is 0 Å². The standard InChI is InChI=1S/C47H93NO5/c1-6-9-12-15-18-19-26-33-43-52-45(50)37-29-22-24-31-39-48(41-34-42-49)40-32-25-23-30-38-47(4,5)46(51)53-44(35-27-20-16-13-10-7-2)36-28-21-17-14-11-8-3/h44,49H,6-43H2,1-5H3. The monoisotopic (exact) mass is 752 g/mol. The molecule has 0 amide bonds. The van der Waals surface area contributed by atoms with Crippen LogP contribution in [0.1, 0.15) is 247 Å². The van der Waals surface area contributed by atoms with E-state index in [1.165, 1.54) is 128 Å². The zero-order valence-corrected chi connectivity index (χ0v) is 36.5. The van der Waals surface area contributed by atoms with Gasteiger partial charge in [-0.1, -0.05) is 162 Å². The van der Waals surface area contributed by atoms with Crippen LogP contribution in [-0.2, 0) is 19.1 Å². The Balaban J connectivity index is 4.27. The van der Waals surface area contributed by atoms with Crippen LogP contribution in [-0.4, -0.2) is 60.9 Å². The Bertz CT molecular complexity index is 771. The van der Waals surface area contributed by atoms with Crippen molar-refractivity contribution >= 4 is 11.9 Å². The largest absolute Gasteiger partial charge is 0.466 e. The summed E-state index contributed by atoms with van der Waals surface area (Å²) >= 11 is 0. The Morgan fingerprint density at radius 3 is 1.45 bits per heavy atom. The first-order valence-electron chi connectivity index (χ1n) is 23.5. The fourth-order valence-electron chi connectivity index (χ4n) is 7.32. The van der Waals surface area contributed by atoms with Gasteiger partial charge in [-0.3, -0.25) is 9.59 Å². The zero-order chi connectivity index (χ0) is 39.1. The second kappa shape index (κ2) is 39.1. The van der Waals surface area contributed by atoms with E-state index in [0.717, 1.165) is 96.7 Å². The molecule has 1 N–H and O–H groups in total. The number of carbonyl (C=O) groups excluding carboxylic acids is 2. The summed E-state index contributed by atoms with van der Waals surface area (Å²) in [6.45, 7) is 14.8. The van der Waals surface area contributed by atoms with Gasteiger partial charge in [-0.05, 0) is 91.1 Å². The molecule has 0 aliphatic rings. The molecule has 0 saturated carbocycles. The maximum atomic E-state index is 13.4. The summed E-state index contributed by atoms with van der Waals surface area (Å²) in [6.07, 6.45) is 38.5. The van der Waals surface area contributed by atoms with Crippen molar-refractivity contribution < 1.29 is 24.2 Å². The van der Waals surface area contributed by atoms with E-state index in [4.69, 9.17) is 9.47 Å². The first-order chi connectivity index (χ1) is 25.8. The maximum absolute atomic E-state index is 13.4. The zero-order valence-electron chi connectivity index (χ0n) is 36.5. The van der Waals surface area contributed by atoms with Crippen LogP contribution in [0.4, 0.5) is 0 Å². The lowest BCUT2D eigenvalue weighted by Crippen LogP contribution is -2.31. The van der Waals surface area contributed by atoms with Crippen LogP contribution in [0, 0.1) is 5.41 Å². The lowest BCUT2D eigenvalue weighted by Gasteiger charge is -2.27. The molecule has 0 heterocycles. The van der Waals surface area contributed by atoms with Crippen molar-refractivity contribution in [3.63, 3.8) is 0 Å². The molecule has 0 spiro atoms. The molecule has 6 heteroatoms. The Kier molecular flexibility index (Phi) is 38.3. The van der Waals surface area contributed by atoms with Crippen molar-refractivity contribution in [3.8, 4) is 0 Å². The van der Waals surface area contributed by atoms with Gasteiger partial charge in [-0.2, -0.15) is 0 Å². The molecule has 0 aromatic heterocycles. The van der Waals surface area contributed by atoms with Crippen LogP contribution in [0.25, 0.3) is 0 Å². The van der Waals surface area contributed by atoms with Gasteiger partial charge < -0.3 is 19.5 Å². The Labute approximate surface area is 331 Å². The SMILES string of the molecule is CCCCCCCCCCOC(=O)CCCCCCN(CCCO)CCCCCCC(C)(C)C(=O)OC(CCCCCCCC)CCCCCCCC. The van der Waals surface area contributed by atoms with Crippen LogP contribution in [0.15, 0.2) is 0 Å². The number of esters is 2. The predicted molar refractivity (Wildman–Crippen MR) is 228 cm³/mol. The van der Waals surface area contributed by atoms with Gasteiger partial charge in [0.05, 0.1) is 12.0 Å². The molecule has 0 aliphatic carbocycles. The summed E-state index contributed by atoms with van der Waals surface area (Å²) in [4.78, 5) is 28.0. The third kappa shape index (κ3) is 35.0. The minimum Gasteiger partial charge on any atom is -0.466 e. The molecule has 0 radical (unpaired) electrons. The van der Waals surface area contributed by atoms with Crippen molar-refractivity contribution in [2.24, 2.45) is 5.41 Å². The highest BCUT2D eigenvalue weighted by Gasteiger charge is 2.30. The lowest BCUT2D eigenvalue weighted by atomic mass is 9.86. The molecule has 0 unspecified atom stereocenters. The van der Waals surface area contributed by atoms with E-state index < -0.39 is 5.41 Å². The summed E-state index contributed by atoms with van der Waals surface area (Å²) in [6, 6.07) is 0. The molecule has 0 rings (SSSR count). The number of hydrogen-bond acceptors (Lipinski definition) is 6. The van der Waals surface area contributed by atoms with Gasteiger partial charge in [0.2, 0.25) is 0 Å². The normalized spacial score (nSPS) is 11.9. The number of aliphatic hydroxyl groups excluding tert-OH is 1. The van der Waals surface area contributed by atoms with Gasteiger partial charge in [0.15, 0.2) is 0 Å². The second-order valence-corrected chi connectivity index (χ2v) is 17.0. The van der Waals surface area contributed by atoms with Crippen molar-refractivity contribution in [1.29, 1.82) is 0 Å². The number of hydrogen-bond donors (Lipinski definition) is 1. The summed E-state index contributed by atoms with van der Waals surface area (Å²) in [5.41, 5.74) is -0.433. The van der Waals surface area contributed by atoms with Crippen LogP contribution >= 0.6 is 0 Å². The van der Waals surface area contributed by atoms with E-state index in [9.17, 15) is 14.7 Å². The Morgan fingerprint density at radius 1 is 0.528 bits per heavy atom. The molecule has 0 bridgehead atoms. The average molecular weight is 752 g/mol. The molecule has 6 nitrogen and oxygen atoms in total. The van der Waals surface area contributed by atoms with Gasteiger partial charge in [0.25, 0.3) is 0 Å². The van der Waals surface area contributed by atoms with Gasteiger partial charge >= 0.3 is 11.9 Å². The molecule has 0 aliphatic heterocycles. The van der Waals surface area contributed by atoms with E-state index in [2.05, 4.69) is 39.5 Å². The van der Waals surface area contributed by atoms with E-state index in [-0.39, 0.29) is 24.6 Å². The number of nitrogens with zero attached hydrogens (tertiary/aromatic N) is 1. The van der Waals surface area contributed by atoms with Crippen molar-refractivity contribution in [1.82, 2.24) is 4.90 Å². The number of rotatable bonds is 42. The van der Waals surface area contributed by atoms with Gasteiger partial charge in [-0.15, -0.1) is 0 Å². The Hall–Kier alpha value is -1.14. The van der Waals surface area contributed by atoms with Crippen LogP contribution < -0.4 is 0 Å². The number of unbranched alkanes of at least 4 members (excludes halogenated alkanes) is 23. The van der Waals surface area contributed by atoms with Crippen molar-refractivity contribution in [2.75, 3.05) is 32.8 Å². The molecular formula is C47H93NO5. The van der Waals surface area contributed by atoms with Gasteiger partial charge in [0, 0.05) is 19.6 Å². The molecule has 0 aromatic carbocycles.